The summed E-state index contributed by atoms with van der Waals surface area (Å²) in [6, 6.07) is 9.19. The third-order valence-corrected chi connectivity index (χ3v) is 6.88. The summed E-state index contributed by atoms with van der Waals surface area (Å²) in [7, 11) is 1.53. The van der Waals surface area contributed by atoms with E-state index in [4.69, 9.17) is 16.6 Å². The number of rotatable bonds is 4. The van der Waals surface area contributed by atoms with Gasteiger partial charge in [-0.1, -0.05) is 25.4 Å². The van der Waals surface area contributed by atoms with Crippen molar-refractivity contribution in [3.05, 3.63) is 91.6 Å². The highest BCUT2D eigenvalue weighted by Crippen LogP contribution is 2.36. The van der Waals surface area contributed by atoms with Crippen molar-refractivity contribution in [3.8, 4) is 5.69 Å². The number of nitrogens with one attached hydrogen (secondary N) is 1. The minimum Gasteiger partial charge on any atom is -0.355 e. The summed E-state index contributed by atoms with van der Waals surface area (Å²) in [5.41, 5.74) is 0.331. The van der Waals surface area contributed by atoms with Gasteiger partial charge in [0.05, 0.1) is 28.5 Å². The second-order valence-corrected chi connectivity index (χ2v) is 9.90. The van der Waals surface area contributed by atoms with Gasteiger partial charge in [0.1, 0.15) is 5.82 Å². The van der Waals surface area contributed by atoms with Gasteiger partial charge in [-0.05, 0) is 55.8 Å². The van der Waals surface area contributed by atoms with Gasteiger partial charge in [0.2, 0.25) is 0 Å². The number of nitrogens with zero attached hydrogens (tertiary/aromatic N) is 3. The van der Waals surface area contributed by atoms with E-state index in [9.17, 15) is 27.6 Å². The number of aromatic nitrogens is 2. The molecule has 1 aliphatic rings. The second kappa shape index (κ2) is 10.2. The van der Waals surface area contributed by atoms with Gasteiger partial charge >= 0.3 is 6.18 Å². The van der Waals surface area contributed by atoms with E-state index in [0.29, 0.717) is 28.3 Å². The Bertz CT molecular complexity index is 1470. The van der Waals surface area contributed by atoms with Crippen LogP contribution in [0.25, 0.3) is 5.69 Å². The molecule has 0 unspecified atom stereocenters. The first-order chi connectivity index (χ1) is 17.8. The number of amides is 2. The van der Waals surface area contributed by atoms with Crippen molar-refractivity contribution in [1.29, 1.82) is 0 Å². The minimum absolute atomic E-state index is 0.0231. The van der Waals surface area contributed by atoms with E-state index in [1.165, 1.54) is 22.6 Å². The highest BCUT2D eigenvalue weighted by Gasteiger charge is 2.36. The van der Waals surface area contributed by atoms with Crippen molar-refractivity contribution in [3.63, 3.8) is 0 Å². The van der Waals surface area contributed by atoms with E-state index < -0.39 is 28.7 Å². The fraction of sp³-hybridized carbons (Fsp3) is 0.333. The molecule has 1 aliphatic heterocycles. The number of carbonyl (C=O) groups is 2. The monoisotopic (exact) mass is 546 g/mol. The molecule has 0 aliphatic carbocycles. The van der Waals surface area contributed by atoms with Crippen LogP contribution in [0.1, 0.15) is 70.1 Å². The van der Waals surface area contributed by atoms with Crippen LogP contribution in [0.5, 0.6) is 0 Å². The molecule has 1 aromatic heterocycles. The summed E-state index contributed by atoms with van der Waals surface area (Å²) >= 11 is 5.72. The SMILES string of the molecule is CNC(=O)c1ccc(-n2c(C(C)C)nc3c(c2=O)C[C@@H](C)N(C(=O)c2ccc(Cl)c(C(F)(F)F)c2)C3)cc1. The smallest absolute Gasteiger partial charge is 0.355 e. The lowest BCUT2D eigenvalue weighted by molar-refractivity contribution is -0.137. The Morgan fingerprint density at radius 2 is 1.74 bits per heavy atom. The highest BCUT2D eigenvalue weighted by molar-refractivity contribution is 6.31. The van der Waals surface area contributed by atoms with Gasteiger partial charge in [0, 0.05) is 35.7 Å². The Morgan fingerprint density at radius 1 is 1.11 bits per heavy atom. The van der Waals surface area contributed by atoms with Crippen LogP contribution >= 0.6 is 11.6 Å². The van der Waals surface area contributed by atoms with Crippen molar-refractivity contribution in [2.45, 2.75) is 51.9 Å². The van der Waals surface area contributed by atoms with E-state index in [-0.39, 0.29) is 35.9 Å². The molecule has 2 amide bonds. The van der Waals surface area contributed by atoms with Crippen LogP contribution in [0.15, 0.2) is 47.3 Å². The van der Waals surface area contributed by atoms with Crippen molar-refractivity contribution in [1.82, 2.24) is 19.8 Å². The average Bonchev–Trinajstić information content (AvgIpc) is 2.87. The zero-order valence-electron chi connectivity index (χ0n) is 21.2. The summed E-state index contributed by atoms with van der Waals surface area (Å²) in [4.78, 5) is 45.1. The predicted molar refractivity (Wildman–Crippen MR) is 137 cm³/mol. The van der Waals surface area contributed by atoms with Crippen molar-refractivity contribution >= 4 is 23.4 Å². The van der Waals surface area contributed by atoms with Gasteiger partial charge in [-0.3, -0.25) is 19.0 Å². The molecule has 200 valence electrons. The van der Waals surface area contributed by atoms with Crippen molar-refractivity contribution < 1.29 is 22.8 Å². The molecule has 2 aromatic carbocycles. The van der Waals surface area contributed by atoms with E-state index in [1.54, 1.807) is 31.2 Å². The average molecular weight is 547 g/mol. The number of carbonyl (C=O) groups excluding carboxylic acids is 2. The Morgan fingerprint density at radius 3 is 2.32 bits per heavy atom. The number of halogens is 4. The second-order valence-electron chi connectivity index (χ2n) is 9.50. The molecular weight excluding hydrogens is 521 g/mol. The van der Waals surface area contributed by atoms with Gasteiger partial charge < -0.3 is 10.2 Å². The van der Waals surface area contributed by atoms with Gasteiger partial charge in [-0.2, -0.15) is 13.2 Å². The number of benzene rings is 2. The first-order valence-corrected chi connectivity index (χ1v) is 12.4. The van der Waals surface area contributed by atoms with E-state index in [1.807, 2.05) is 13.8 Å². The third kappa shape index (κ3) is 5.05. The summed E-state index contributed by atoms with van der Waals surface area (Å²) < 4.78 is 41.6. The van der Waals surface area contributed by atoms with Crippen LogP contribution in [-0.4, -0.2) is 39.4 Å². The lowest BCUT2D eigenvalue weighted by Crippen LogP contribution is -2.46. The molecular formula is C27H26ClF3N4O3. The maximum absolute atomic E-state index is 13.7. The molecule has 0 fully saturated rings. The summed E-state index contributed by atoms with van der Waals surface area (Å²) in [6.45, 7) is 5.47. The summed E-state index contributed by atoms with van der Waals surface area (Å²) in [6.07, 6.45) is -4.52. The molecule has 0 radical (unpaired) electrons. The Kier molecular flexibility index (Phi) is 7.38. The van der Waals surface area contributed by atoms with Crippen LogP contribution in [0.4, 0.5) is 13.2 Å². The van der Waals surface area contributed by atoms with Crippen molar-refractivity contribution in [2.75, 3.05) is 7.05 Å². The van der Waals surface area contributed by atoms with Gasteiger partial charge in [0.25, 0.3) is 17.4 Å². The van der Waals surface area contributed by atoms with Gasteiger partial charge in [-0.15, -0.1) is 0 Å². The number of alkyl halides is 3. The first-order valence-electron chi connectivity index (χ1n) is 12.0. The summed E-state index contributed by atoms with van der Waals surface area (Å²) in [5, 5.41) is 2.06. The normalized spacial score (nSPS) is 15.4. The number of hydrogen-bond acceptors (Lipinski definition) is 4. The Labute approximate surface area is 222 Å². The topological polar surface area (TPSA) is 84.3 Å². The fourth-order valence-corrected chi connectivity index (χ4v) is 4.76. The molecule has 1 atom stereocenters. The van der Waals surface area contributed by atoms with E-state index in [0.717, 1.165) is 12.1 Å². The van der Waals surface area contributed by atoms with Gasteiger partial charge in [-0.25, -0.2) is 4.98 Å². The lowest BCUT2D eigenvalue weighted by atomic mass is 9.97. The van der Waals surface area contributed by atoms with Crippen LogP contribution in [0.2, 0.25) is 5.02 Å². The molecule has 0 spiro atoms. The van der Waals surface area contributed by atoms with E-state index in [2.05, 4.69) is 5.32 Å². The van der Waals surface area contributed by atoms with Gasteiger partial charge in [0.15, 0.2) is 0 Å². The fourth-order valence-electron chi connectivity index (χ4n) is 4.53. The quantitative estimate of drug-likeness (QED) is 0.500. The molecule has 0 bridgehead atoms. The predicted octanol–water partition coefficient (Wildman–Crippen LogP) is 4.97. The summed E-state index contributed by atoms with van der Waals surface area (Å²) in [5.74, 6) is -0.555. The zero-order valence-corrected chi connectivity index (χ0v) is 21.9. The molecule has 3 aromatic rings. The first kappa shape index (κ1) is 27.4. The molecule has 11 heteroatoms. The van der Waals surface area contributed by atoms with Crippen LogP contribution in [-0.2, 0) is 19.1 Å². The minimum atomic E-state index is -4.70. The number of hydrogen-bond donors (Lipinski definition) is 1. The Hall–Kier alpha value is -3.66. The lowest BCUT2D eigenvalue weighted by Gasteiger charge is -2.35. The highest BCUT2D eigenvalue weighted by atomic mass is 35.5. The largest absolute Gasteiger partial charge is 0.417 e. The van der Waals surface area contributed by atoms with Crippen molar-refractivity contribution in [2.24, 2.45) is 0 Å². The maximum Gasteiger partial charge on any atom is 0.417 e. The molecule has 2 heterocycles. The molecule has 38 heavy (non-hydrogen) atoms. The van der Waals surface area contributed by atoms with E-state index >= 15 is 0 Å². The van der Waals surface area contributed by atoms with Crippen LogP contribution < -0.4 is 10.9 Å². The maximum atomic E-state index is 13.7. The Balaban J connectivity index is 1.74. The number of fused-ring (bicyclic) bond motifs is 1. The standard InChI is InChI=1S/C27H26ClF3N4O3/c1-14(2)23-33-22-13-34(25(37)17-7-10-21(28)20(12-17)27(29,30)31)15(3)11-19(22)26(38)35(23)18-8-5-16(6-9-18)24(36)32-4/h5-10,12,14-15H,11,13H2,1-4H3,(H,32,36)/t15-/m1/s1. The molecule has 0 saturated heterocycles. The molecule has 7 nitrogen and oxygen atoms in total. The van der Waals surface area contributed by atoms with Crippen LogP contribution in [0.3, 0.4) is 0 Å². The molecule has 1 N–H and O–H groups in total. The molecule has 0 saturated carbocycles. The van der Waals surface area contributed by atoms with Crippen LogP contribution in [0, 0.1) is 0 Å². The third-order valence-electron chi connectivity index (χ3n) is 6.55. The molecule has 4 rings (SSSR count). The zero-order chi connectivity index (χ0) is 27.9.